The van der Waals surface area contributed by atoms with Crippen molar-refractivity contribution in [3.05, 3.63) is 137 Å². The Morgan fingerprint density at radius 3 is 2.32 bits per heavy atom. The largest absolute Gasteiger partial charge is 0.449 e. The van der Waals surface area contributed by atoms with Gasteiger partial charge >= 0.3 is 0 Å². The van der Waals surface area contributed by atoms with Crippen LogP contribution in [0.25, 0.3) is 6.08 Å². The van der Waals surface area contributed by atoms with Crippen LogP contribution in [0, 0.1) is 6.92 Å². The van der Waals surface area contributed by atoms with Crippen LogP contribution in [0.15, 0.2) is 109 Å². The average molecular weight is 546 g/mol. The second-order valence-corrected chi connectivity index (χ2v) is 10.4. The molecule has 0 aromatic heterocycles. The molecule has 0 unspecified atom stereocenters. The van der Waals surface area contributed by atoms with Crippen molar-refractivity contribution < 1.29 is 14.3 Å². The number of rotatable bonds is 10. The number of likely N-dealkylation sites (N-methyl/N-ethyl adjacent to an activating group) is 1. The summed E-state index contributed by atoms with van der Waals surface area (Å²) in [7, 11) is 2.06. The molecule has 1 heterocycles. The third-order valence-electron chi connectivity index (χ3n) is 7.17. The van der Waals surface area contributed by atoms with Crippen LogP contribution in [0.5, 0.6) is 5.75 Å². The number of fused-ring (bicyclic) bond motifs is 1. The number of anilines is 1. The molecule has 1 N–H and O–H groups in total. The summed E-state index contributed by atoms with van der Waals surface area (Å²) in [5.74, 6) is 0.549. The van der Waals surface area contributed by atoms with Gasteiger partial charge in [-0.3, -0.25) is 14.5 Å². The molecule has 0 spiro atoms. The lowest BCUT2D eigenvalue weighted by atomic mass is 10.1. The van der Waals surface area contributed by atoms with Gasteiger partial charge in [-0.25, -0.2) is 0 Å². The smallest absolute Gasteiger partial charge is 0.294 e. The van der Waals surface area contributed by atoms with E-state index in [4.69, 9.17) is 4.74 Å². The molecule has 6 heteroatoms. The van der Waals surface area contributed by atoms with E-state index in [-0.39, 0.29) is 17.6 Å². The second-order valence-electron chi connectivity index (χ2n) is 10.4. The fourth-order valence-corrected chi connectivity index (χ4v) is 4.72. The zero-order chi connectivity index (χ0) is 28.6. The van der Waals surface area contributed by atoms with Gasteiger partial charge in [0.1, 0.15) is 0 Å². The molecule has 0 saturated heterocycles. The predicted molar refractivity (Wildman–Crippen MR) is 164 cm³/mol. The lowest BCUT2D eigenvalue weighted by Crippen LogP contribution is -2.36. The Hall–Kier alpha value is -4.68. The minimum atomic E-state index is -0.206. The van der Waals surface area contributed by atoms with Crippen molar-refractivity contribution in [1.29, 1.82) is 0 Å². The van der Waals surface area contributed by atoms with Gasteiger partial charge in [-0.1, -0.05) is 84.4 Å². The van der Waals surface area contributed by atoms with Gasteiger partial charge in [-0.05, 0) is 67.4 Å². The number of nitrogens with zero attached hydrogens (tertiary/aromatic N) is 2. The summed E-state index contributed by atoms with van der Waals surface area (Å²) < 4.78 is 6.02. The van der Waals surface area contributed by atoms with Crippen molar-refractivity contribution in [3.63, 3.8) is 0 Å². The topological polar surface area (TPSA) is 61.9 Å². The number of ether oxygens (including phenoxy) is 1. The van der Waals surface area contributed by atoms with Crippen molar-refractivity contribution >= 4 is 23.6 Å². The number of hydrogen-bond acceptors (Lipinski definition) is 4. The number of amides is 2. The molecule has 1 aliphatic heterocycles. The molecule has 0 aliphatic carbocycles. The lowest BCUT2D eigenvalue weighted by molar-refractivity contribution is -0.117. The number of hydrogen-bond donors (Lipinski definition) is 1. The maximum atomic E-state index is 13.5. The van der Waals surface area contributed by atoms with E-state index < -0.39 is 0 Å². The molecule has 0 bridgehead atoms. The molecule has 2 amide bonds. The summed E-state index contributed by atoms with van der Waals surface area (Å²) in [6.45, 7) is 4.74. The molecule has 4 aromatic carbocycles. The number of carbonyl (C=O) groups is 2. The molecular formula is C35H35N3O3. The molecule has 6 nitrogen and oxygen atoms in total. The predicted octanol–water partition coefficient (Wildman–Crippen LogP) is 5.87. The average Bonchev–Trinajstić information content (AvgIpc) is 3.00. The first-order chi connectivity index (χ1) is 20.0. The number of para-hydroxylation sites is 2. The van der Waals surface area contributed by atoms with Gasteiger partial charge in [0.05, 0.1) is 12.2 Å². The number of carbonyl (C=O) groups excluding carboxylic acids is 2. The first-order valence-electron chi connectivity index (χ1n) is 13.9. The maximum Gasteiger partial charge on any atom is 0.294 e. The summed E-state index contributed by atoms with van der Waals surface area (Å²) in [4.78, 5) is 30.2. The van der Waals surface area contributed by atoms with E-state index in [0.717, 1.165) is 36.3 Å². The van der Waals surface area contributed by atoms with Gasteiger partial charge < -0.3 is 15.0 Å². The normalized spacial score (nSPS) is 13.7. The first-order valence-corrected chi connectivity index (χ1v) is 13.9. The van der Waals surface area contributed by atoms with Crippen molar-refractivity contribution in [2.75, 3.05) is 31.6 Å². The summed E-state index contributed by atoms with van der Waals surface area (Å²) in [6, 6.07) is 33.3. The van der Waals surface area contributed by atoms with Gasteiger partial charge in [0, 0.05) is 25.2 Å². The minimum absolute atomic E-state index is 0.121. The Morgan fingerprint density at radius 2 is 1.56 bits per heavy atom. The van der Waals surface area contributed by atoms with Gasteiger partial charge in [0.2, 0.25) is 0 Å². The fourth-order valence-electron chi connectivity index (χ4n) is 4.72. The van der Waals surface area contributed by atoms with E-state index in [1.54, 1.807) is 23.1 Å². The van der Waals surface area contributed by atoms with Crippen LogP contribution in [0.4, 0.5) is 5.69 Å². The summed E-state index contributed by atoms with van der Waals surface area (Å²) in [6.07, 6.45) is 2.70. The van der Waals surface area contributed by atoms with Gasteiger partial charge in [0.25, 0.3) is 11.8 Å². The SMILES string of the molecule is Cc1ccc(CN2C(=O)/C(=C\c3ccc(C(=O)NCCN(C)CCc4ccccc4)cc3)Oc3ccccc32)cc1. The van der Waals surface area contributed by atoms with Gasteiger partial charge in [-0.15, -0.1) is 0 Å². The number of benzene rings is 4. The molecule has 0 fully saturated rings. The standard InChI is InChI=1S/C35H35N3O3/c1-26-12-14-29(15-13-26)25-38-31-10-6-7-11-32(31)41-33(35(38)40)24-28-16-18-30(19-17-28)34(39)36-21-23-37(2)22-20-27-8-4-3-5-9-27/h3-19,24H,20-23,25H2,1-2H3,(H,36,39)/b33-24+. The molecule has 0 saturated carbocycles. The Kier molecular flexibility index (Phi) is 8.92. The van der Waals surface area contributed by atoms with Crippen molar-refractivity contribution in [2.24, 2.45) is 0 Å². The Morgan fingerprint density at radius 1 is 0.854 bits per heavy atom. The van der Waals surface area contributed by atoms with Gasteiger partial charge in [-0.2, -0.15) is 0 Å². The molecule has 208 valence electrons. The summed E-state index contributed by atoms with van der Waals surface area (Å²) in [5, 5.41) is 3.00. The highest BCUT2D eigenvalue weighted by molar-refractivity contribution is 6.09. The van der Waals surface area contributed by atoms with Crippen LogP contribution in [-0.2, 0) is 17.8 Å². The van der Waals surface area contributed by atoms with E-state index in [1.807, 2.05) is 73.7 Å². The Balaban J connectivity index is 1.19. The fraction of sp³-hybridized carbons (Fsp3) is 0.200. The van der Waals surface area contributed by atoms with Crippen molar-refractivity contribution in [1.82, 2.24) is 10.2 Å². The van der Waals surface area contributed by atoms with Gasteiger partial charge in [0.15, 0.2) is 11.5 Å². The number of nitrogens with one attached hydrogen (secondary N) is 1. The molecule has 41 heavy (non-hydrogen) atoms. The summed E-state index contributed by atoms with van der Waals surface area (Å²) >= 11 is 0. The number of aryl methyl sites for hydroxylation is 1. The molecule has 1 aliphatic rings. The highest BCUT2D eigenvalue weighted by Crippen LogP contribution is 2.36. The zero-order valence-electron chi connectivity index (χ0n) is 23.5. The second kappa shape index (κ2) is 13.1. The van der Waals surface area contributed by atoms with Crippen LogP contribution in [0.2, 0.25) is 0 Å². The van der Waals surface area contributed by atoms with E-state index >= 15 is 0 Å². The highest BCUT2D eigenvalue weighted by Gasteiger charge is 2.30. The zero-order valence-corrected chi connectivity index (χ0v) is 23.5. The molecular weight excluding hydrogens is 510 g/mol. The van der Waals surface area contributed by atoms with E-state index in [0.29, 0.717) is 24.4 Å². The monoisotopic (exact) mass is 545 g/mol. The molecule has 0 atom stereocenters. The maximum absolute atomic E-state index is 13.5. The van der Waals surface area contributed by atoms with Crippen molar-refractivity contribution in [3.8, 4) is 5.75 Å². The minimum Gasteiger partial charge on any atom is -0.449 e. The molecule has 0 radical (unpaired) electrons. The van der Waals surface area contributed by atoms with Crippen molar-refractivity contribution in [2.45, 2.75) is 19.9 Å². The van der Waals surface area contributed by atoms with Crippen LogP contribution in [-0.4, -0.2) is 43.4 Å². The molecule has 5 rings (SSSR count). The Bertz CT molecular complexity index is 1510. The summed E-state index contributed by atoms with van der Waals surface area (Å²) in [5.41, 5.74) is 5.61. The molecule has 4 aromatic rings. The van der Waals surface area contributed by atoms with E-state index in [1.165, 1.54) is 11.1 Å². The third-order valence-corrected chi connectivity index (χ3v) is 7.17. The van der Waals surface area contributed by atoms with Crippen LogP contribution in [0.3, 0.4) is 0 Å². The van der Waals surface area contributed by atoms with E-state index in [9.17, 15) is 9.59 Å². The quantitative estimate of drug-likeness (QED) is 0.253. The first kappa shape index (κ1) is 27.9. The van der Waals surface area contributed by atoms with Crippen LogP contribution < -0.4 is 15.0 Å². The third kappa shape index (κ3) is 7.29. The van der Waals surface area contributed by atoms with E-state index in [2.05, 4.69) is 41.5 Å². The van der Waals surface area contributed by atoms with Crippen LogP contribution in [0.1, 0.15) is 32.6 Å². The van der Waals surface area contributed by atoms with Crippen LogP contribution >= 0.6 is 0 Å². The Labute approximate surface area is 241 Å². The highest BCUT2D eigenvalue weighted by atomic mass is 16.5. The lowest BCUT2D eigenvalue weighted by Gasteiger charge is -2.30.